The van der Waals surface area contributed by atoms with Crippen molar-refractivity contribution in [1.82, 2.24) is 15.0 Å². The lowest BCUT2D eigenvalue weighted by Gasteiger charge is -2.25. The number of rotatable bonds is 7. The third kappa shape index (κ3) is 5.31. The van der Waals surface area contributed by atoms with E-state index in [0.29, 0.717) is 17.1 Å². The average Bonchev–Trinajstić information content (AvgIpc) is 3.53. The van der Waals surface area contributed by atoms with Crippen LogP contribution in [0.4, 0.5) is 17.3 Å². The molecular formula is C31H31ClN6O2S. The maximum absolute atomic E-state index is 13.5. The zero-order chi connectivity index (χ0) is 28.5. The Morgan fingerprint density at radius 1 is 1.05 bits per heavy atom. The van der Waals surface area contributed by atoms with Gasteiger partial charge >= 0.3 is 0 Å². The van der Waals surface area contributed by atoms with Crippen LogP contribution in [0, 0.1) is 0 Å². The van der Waals surface area contributed by atoms with Crippen LogP contribution in [0.3, 0.4) is 0 Å². The van der Waals surface area contributed by atoms with E-state index in [2.05, 4.69) is 15.2 Å². The van der Waals surface area contributed by atoms with E-state index in [9.17, 15) is 9.59 Å². The fourth-order valence-electron chi connectivity index (χ4n) is 5.60. The monoisotopic (exact) mass is 586 g/mol. The number of benzene rings is 2. The summed E-state index contributed by atoms with van der Waals surface area (Å²) in [6.45, 7) is 5.87. The lowest BCUT2D eigenvalue weighted by molar-refractivity contribution is -0.119. The molecule has 2 aromatic heterocycles. The fourth-order valence-corrected chi connectivity index (χ4v) is 6.74. The summed E-state index contributed by atoms with van der Waals surface area (Å²) >= 11 is 8.19. The molecule has 10 heteroatoms. The lowest BCUT2D eigenvalue weighted by Crippen LogP contribution is -2.36. The van der Waals surface area contributed by atoms with Gasteiger partial charge in [0.1, 0.15) is 16.1 Å². The summed E-state index contributed by atoms with van der Waals surface area (Å²) in [6, 6.07) is 18.6. The molecule has 4 heterocycles. The van der Waals surface area contributed by atoms with Gasteiger partial charge in [-0.1, -0.05) is 54.6 Å². The molecule has 4 aromatic rings. The highest BCUT2D eigenvalue weighted by Gasteiger charge is 2.40. The van der Waals surface area contributed by atoms with Crippen LogP contribution in [0.15, 0.2) is 81.7 Å². The number of nitrogens with zero attached hydrogens (tertiary/aromatic N) is 4. The number of nitrogens with one attached hydrogen (secondary N) is 2. The molecule has 1 saturated heterocycles. The van der Waals surface area contributed by atoms with Crippen molar-refractivity contribution in [2.45, 2.75) is 55.5 Å². The Morgan fingerprint density at radius 2 is 1.83 bits per heavy atom. The highest BCUT2D eigenvalue weighted by Crippen LogP contribution is 2.38. The Labute approximate surface area is 248 Å². The topological polar surface area (TPSA) is 94.2 Å². The molecule has 2 N–H and O–H groups in total. The van der Waals surface area contributed by atoms with E-state index in [-0.39, 0.29) is 17.5 Å². The standard InChI is InChI=1S/C31H31ClN6O2S/c1-3-23-19(2)26(30(40)38(23)20-11-6-4-7-12-20)29(39)33-21-13-10-14-24(27(21)32)41-25-16-15-22-28(35-25)36-31(34-22)37-17-8-5-9-18-37/h4,6-7,10-16,23H,3,5,8-9,17-18H2,1-2H3,(H,33,39)(H,34,35,36). The molecule has 2 aliphatic rings. The number of amides is 2. The van der Waals surface area contributed by atoms with Crippen LogP contribution in [0.2, 0.25) is 5.02 Å². The van der Waals surface area contributed by atoms with E-state index in [0.717, 1.165) is 51.4 Å². The number of hydrogen-bond donors (Lipinski definition) is 2. The van der Waals surface area contributed by atoms with Gasteiger partial charge in [0, 0.05) is 23.7 Å². The second-order valence-corrected chi connectivity index (χ2v) is 11.7. The maximum Gasteiger partial charge on any atom is 0.264 e. The Bertz CT molecular complexity index is 1650. The number of halogens is 1. The summed E-state index contributed by atoms with van der Waals surface area (Å²) in [5.41, 5.74) is 3.67. The molecule has 6 rings (SSSR count). The molecule has 2 aliphatic heterocycles. The number of anilines is 3. The molecule has 0 radical (unpaired) electrons. The first-order chi connectivity index (χ1) is 19.9. The molecule has 41 heavy (non-hydrogen) atoms. The molecule has 1 fully saturated rings. The van der Waals surface area contributed by atoms with Crippen molar-refractivity contribution in [2.75, 3.05) is 28.2 Å². The second-order valence-electron chi connectivity index (χ2n) is 10.3. The van der Waals surface area contributed by atoms with Crippen LogP contribution in [-0.2, 0) is 9.59 Å². The first-order valence-corrected chi connectivity index (χ1v) is 15.1. The molecule has 0 spiro atoms. The molecule has 0 saturated carbocycles. The Kier molecular flexibility index (Phi) is 7.73. The molecule has 0 aliphatic carbocycles. The van der Waals surface area contributed by atoms with Gasteiger partial charge in [-0.15, -0.1) is 0 Å². The fraction of sp³-hybridized carbons (Fsp3) is 0.290. The molecule has 2 aromatic carbocycles. The number of aromatic nitrogens is 3. The van der Waals surface area contributed by atoms with Gasteiger partial charge in [-0.3, -0.25) is 9.59 Å². The molecule has 1 atom stereocenters. The summed E-state index contributed by atoms with van der Waals surface area (Å²) in [7, 11) is 0. The number of carbonyl (C=O) groups excluding carboxylic acids is 2. The van der Waals surface area contributed by atoms with E-state index >= 15 is 0 Å². The van der Waals surface area contributed by atoms with Crippen molar-refractivity contribution in [3.63, 3.8) is 0 Å². The van der Waals surface area contributed by atoms with Crippen LogP contribution in [0.5, 0.6) is 0 Å². The predicted molar refractivity (Wildman–Crippen MR) is 165 cm³/mol. The Hall–Kier alpha value is -3.82. The number of para-hydroxylation sites is 1. The summed E-state index contributed by atoms with van der Waals surface area (Å²) in [6.07, 6.45) is 4.30. The van der Waals surface area contributed by atoms with Gasteiger partial charge < -0.3 is 20.1 Å². The van der Waals surface area contributed by atoms with Gasteiger partial charge in [-0.05, 0) is 74.6 Å². The minimum atomic E-state index is -0.462. The maximum atomic E-state index is 13.5. The molecule has 2 amide bonds. The van der Waals surface area contributed by atoms with Crippen LogP contribution in [0.25, 0.3) is 11.2 Å². The van der Waals surface area contributed by atoms with Gasteiger partial charge in [0.25, 0.3) is 11.8 Å². The number of pyridine rings is 1. The number of piperidine rings is 1. The number of imidazole rings is 1. The highest BCUT2D eigenvalue weighted by atomic mass is 35.5. The van der Waals surface area contributed by atoms with Gasteiger partial charge in [-0.25, -0.2) is 9.97 Å². The van der Waals surface area contributed by atoms with Crippen molar-refractivity contribution < 1.29 is 9.59 Å². The quantitative estimate of drug-likeness (QED) is 0.230. The lowest BCUT2D eigenvalue weighted by atomic mass is 10.0. The van der Waals surface area contributed by atoms with Crippen molar-refractivity contribution >= 4 is 63.7 Å². The minimum absolute atomic E-state index is 0.158. The summed E-state index contributed by atoms with van der Waals surface area (Å²) in [5.74, 6) is 0.0932. The summed E-state index contributed by atoms with van der Waals surface area (Å²) in [5, 5.41) is 4.04. The van der Waals surface area contributed by atoms with Crippen molar-refractivity contribution in [2.24, 2.45) is 0 Å². The Morgan fingerprint density at radius 3 is 2.59 bits per heavy atom. The van der Waals surface area contributed by atoms with Gasteiger partial charge in [0.15, 0.2) is 5.65 Å². The van der Waals surface area contributed by atoms with Crippen molar-refractivity contribution in [3.8, 4) is 0 Å². The average molecular weight is 587 g/mol. The van der Waals surface area contributed by atoms with Crippen molar-refractivity contribution in [1.29, 1.82) is 0 Å². The van der Waals surface area contributed by atoms with E-state index < -0.39 is 5.91 Å². The summed E-state index contributed by atoms with van der Waals surface area (Å²) in [4.78, 5) is 44.5. The number of carbonyl (C=O) groups is 2. The van der Waals surface area contributed by atoms with E-state index in [1.807, 2.05) is 68.4 Å². The summed E-state index contributed by atoms with van der Waals surface area (Å²) < 4.78 is 0. The second kappa shape index (κ2) is 11.6. The first kappa shape index (κ1) is 27.4. The van der Waals surface area contributed by atoms with Gasteiger partial charge in [0.05, 0.1) is 16.8 Å². The molecule has 1 unspecified atom stereocenters. The largest absolute Gasteiger partial charge is 0.342 e. The normalized spacial score (nSPS) is 17.5. The van der Waals surface area contributed by atoms with Gasteiger partial charge in [-0.2, -0.15) is 0 Å². The van der Waals surface area contributed by atoms with Crippen molar-refractivity contribution in [3.05, 3.63) is 76.8 Å². The molecule has 8 nitrogen and oxygen atoms in total. The molecule has 0 bridgehead atoms. The highest BCUT2D eigenvalue weighted by molar-refractivity contribution is 7.99. The van der Waals surface area contributed by atoms with E-state index in [1.165, 1.54) is 31.0 Å². The van der Waals surface area contributed by atoms with E-state index in [4.69, 9.17) is 21.6 Å². The molecular weight excluding hydrogens is 556 g/mol. The van der Waals surface area contributed by atoms with Crippen LogP contribution in [0.1, 0.15) is 39.5 Å². The molecule has 210 valence electrons. The third-order valence-electron chi connectivity index (χ3n) is 7.67. The first-order valence-electron chi connectivity index (χ1n) is 13.9. The predicted octanol–water partition coefficient (Wildman–Crippen LogP) is 6.83. The number of H-pyrrole nitrogens is 1. The van der Waals surface area contributed by atoms with Crippen LogP contribution in [-0.4, -0.2) is 45.9 Å². The number of fused-ring (bicyclic) bond motifs is 1. The zero-order valence-corrected chi connectivity index (χ0v) is 24.6. The van der Waals surface area contributed by atoms with E-state index in [1.54, 1.807) is 11.0 Å². The third-order valence-corrected chi connectivity index (χ3v) is 9.19. The van der Waals surface area contributed by atoms with Gasteiger partial charge in [0.2, 0.25) is 5.95 Å². The smallest absolute Gasteiger partial charge is 0.264 e. The SMILES string of the molecule is CCC1C(C)=C(C(=O)Nc2cccc(Sc3ccc4nc(N5CCCCC5)[nH]c4n3)c2Cl)C(=O)N1c1ccccc1. The minimum Gasteiger partial charge on any atom is -0.342 e. The zero-order valence-electron chi connectivity index (χ0n) is 23.0. The van der Waals surface area contributed by atoms with Crippen LogP contribution < -0.4 is 15.1 Å². The van der Waals surface area contributed by atoms with Crippen LogP contribution >= 0.6 is 23.4 Å². The Balaban J connectivity index is 1.21. The number of hydrogen-bond acceptors (Lipinski definition) is 6. The number of aromatic amines is 1.